The predicted octanol–water partition coefficient (Wildman–Crippen LogP) is 3.72. The average molecular weight is 409 g/mol. The summed E-state index contributed by atoms with van der Waals surface area (Å²) in [4.78, 5) is 12.4. The fourth-order valence-corrected chi connectivity index (χ4v) is 4.75. The van der Waals surface area contributed by atoms with Crippen molar-refractivity contribution in [2.24, 2.45) is 0 Å². The minimum atomic E-state index is -3.70. The van der Waals surface area contributed by atoms with Gasteiger partial charge in [0.15, 0.2) is 0 Å². The molecule has 1 aromatic carbocycles. The number of fused-ring (bicyclic) bond motifs is 1. The molecule has 0 spiro atoms. The highest BCUT2D eigenvalue weighted by molar-refractivity contribution is 7.94. The lowest BCUT2D eigenvalue weighted by Gasteiger charge is -2.10. The van der Waals surface area contributed by atoms with Gasteiger partial charge in [-0.25, -0.2) is 13.2 Å². The summed E-state index contributed by atoms with van der Waals surface area (Å²) < 4.78 is 43.5. The number of hydrogen-bond acceptors (Lipinski definition) is 7. The van der Waals surface area contributed by atoms with E-state index >= 15 is 0 Å². The Bertz CT molecular complexity index is 1070. The average Bonchev–Trinajstić information content (AvgIpc) is 3.23. The van der Waals surface area contributed by atoms with Gasteiger partial charge in [-0.2, -0.15) is 0 Å². The monoisotopic (exact) mass is 409 g/mol. The molecule has 0 atom stereocenters. The Kier molecular flexibility index (Phi) is 5.54. The van der Waals surface area contributed by atoms with Gasteiger partial charge in [0.25, 0.3) is 10.0 Å². The van der Waals surface area contributed by atoms with Gasteiger partial charge in [-0.05, 0) is 43.0 Å². The second kappa shape index (κ2) is 7.71. The molecule has 144 valence electrons. The first-order chi connectivity index (χ1) is 12.8. The molecular formula is C18H19NO6S2. The van der Waals surface area contributed by atoms with Crippen molar-refractivity contribution in [3.8, 4) is 0 Å². The van der Waals surface area contributed by atoms with Crippen molar-refractivity contribution in [2.75, 3.05) is 25.0 Å². The van der Waals surface area contributed by atoms with Crippen LogP contribution < -0.4 is 4.72 Å². The van der Waals surface area contributed by atoms with E-state index in [4.69, 9.17) is 13.9 Å². The number of ether oxygens (including phenoxy) is 2. The molecule has 3 aromatic rings. The maximum atomic E-state index is 12.5. The third-order valence-electron chi connectivity index (χ3n) is 3.94. The molecule has 0 saturated carbocycles. The van der Waals surface area contributed by atoms with Crippen LogP contribution in [0.3, 0.4) is 0 Å². The van der Waals surface area contributed by atoms with E-state index in [2.05, 4.69) is 4.72 Å². The summed E-state index contributed by atoms with van der Waals surface area (Å²) >= 11 is 1.13. The molecule has 27 heavy (non-hydrogen) atoms. The molecule has 2 heterocycles. The van der Waals surface area contributed by atoms with Gasteiger partial charge in [0.2, 0.25) is 0 Å². The summed E-state index contributed by atoms with van der Waals surface area (Å²) in [5.41, 5.74) is 1.82. The van der Waals surface area contributed by atoms with E-state index < -0.39 is 16.0 Å². The zero-order chi connectivity index (χ0) is 19.6. The summed E-state index contributed by atoms with van der Waals surface area (Å²) in [6.45, 7) is 3.83. The third kappa shape index (κ3) is 4.00. The highest BCUT2D eigenvalue weighted by Gasteiger charge is 2.22. The van der Waals surface area contributed by atoms with Crippen LogP contribution in [-0.4, -0.2) is 34.7 Å². The molecule has 3 rings (SSSR count). The van der Waals surface area contributed by atoms with Gasteiger partial charge in [-0.1, -0.05) is 6.07 Å². The normalized spacial score (nSPS) is 11.7. The van der Waals surface area contributed by atoms with Crippen LogP contribution in [0, 0.1) is 13.8 Å². The zero-order valence-electron chi connectivity index (χ0n) is 15.1. The van der Waals surface area contributed by atoms with E-state index in [9.17, 15) is 13.2 Å². The molecule has 0 amide bonds. The van der Waals surface area contributed by atoms with E-state index in [0.717, 1.165) is 11.3 Å². The number of sulfonamides is 1. The molecule has 0 aliphatic heterocycles. The van der Waals surface area contributed by atoms with E-state index in [0.29, 0.717) is 28.0 Å². The highest BCUT2D eigenvalue weighted by atomic mass is 32.2. The Morgan fingerprint density at radius 3 is 2.70 bits per heavy atom. The lowest BCUT2D eigenvalue weighted by atomic mass is 10.1. The van der Waals surface area contributed by atoms with Gasteiger partial charge in [-0.3, -0.25) is 4.72 Å². The molecule has 0 fully saturated rings. The molecule has 0 saturated heterocycles. The Morgan fingerprint density at radius 1 is 1.26 bits per heavy atom. The number of furan rings is 1. The minimum Gasteiger partial charge on any atom is -0.460 e. The fraction of sp³-hybridized carbons (Fsp3) is 0.278. The fourth-order valence-electron chi connectivity index (χ4n) is 2.63. The third-order valence-corrected chi connectivity index (χ3v) is 6.70. The first kappa shape index (κ1) is 19.4. The SMILES string of the molecule is COCCOC(=O)c1c(C)oc2cc(C)c(NS(=O)(=O)c3cccs3)cc12. The van der Waals surface area contributed by atoms with Crippen LogP contribution in [0.2, 0.25) is 0 Å². The second-order valence-corrected chi connectivity index (χ2v) is 8.72. The number of aryl methyl sites for hydroxylation is 2. The van der Waals surface area contributed by atoms with Gasteiger partial charge in [0, 0.05) is 12.5 Å². The number of benzene rings is 1. The molecule has 2 aromatic heterocycles. The number of rotatable bonds is 7. The number of carbonyl (C=O) groups excluding carboxylic acids is 1. The van der Waals surface area contributed by atoms with E-state index in [1.54, 1.807) is 37.4 Å². The number of thiophene rings is 1. The summed E-state index contributed by atoms with van der Waals surface area (Å²) in [5.74, 6) is -0.135. The first-order valence-electron chi connectivity index (χ1n) is 8.09. The standard InChI is InChI=1S/C18H19NO6S2/c1-11-9-15-13(17(12(2)25-15)18(20)24-7-6-23-3)10-14(11)19-27(21,22)16-5-4-8-26-16/h4-5,8-10,19H,6-7H2,1-3H3. The quantitative estimate of drug-likeness (QED) is 0.472. The summed E-state index contributed by atoms with van der Waals surface area (Å²) in [6, 6.07) is 6.49. The molecule has 0 aliphatic rings. The Hall–Kier alpha value is -2.36. The van der Waals surface area contributed by atoms with Crippen molar-refractivity contribution >= 4 is 44.0 Å². The maximum Gasteiger partial charge on any atom is 0.342 e. The lowest BCUT2D eigenvalue weighted by Crippen LogP contribution is -2.13. The van der Waals surface area contributed by atoms with Crippen LogP contribution in [0.5, 0.6) is 0 Å². The van der Waals surface area contributed by atoms with Gasteiger partial charge in [0.05, 0.1) is 12.3 Å². The first-order valence-corrected chi connectivity index (χ1v) is 10.5. The molecule has 7 nitrogen and oxygen atoms in total. The summed E-state index contributed by atoms with van der Waals surface area (Å²) in [6.07, 6.45) is 0. The van der Waals surface area contributed by atoms with Crippen LogP contribution in [0.4, 0.5) is 5.69 Å². The number of hydrogen-bond donors (Lipinski definition) is 1. The summed E-state index contributed by atoms with van der Waals surface area (Å²) in [5, 5.41) is 2.18. The number of methoxy groups -OCH3 is 1. The number of anilines is 1. The Labute approximate surface area is 160 Å². The number of esters is 1. The molecule has 9 heteroatoms. The van der Waals surface area contributed by atoms with Crippen molar-refractivity contribution in [3.63, 3.8) is 0 Å². The van der Waals surface area contributed by atoms with Crippen molar-refractivity contribution in [2.45, 2.75) is 18.1 Å². The van der Waals surface area contributed by atoms with Crippen LogP contribution in [0.25, 0.3) is 11.0 Å². The molecule has 0 unspecified atom stereocenters. The molecule has 0 radical (unpaired) electrons. The van der Waals surface area contributed by atoms with E-state index in [1.807, 2.05) is 0 Å². The summed E-state index contributed by atoms with van der Waals surface area (Å²) in [7, 11) is -2.18. The van der Waals surface area contributed by atoms with Crippen molar-refractivity contribution < 1.29 is 27.1 Å². The molecule has 1 N–H and O–H groups in total. The van der Waals surface area contributed by atoms with Gasteiger partial charge in [0.1, 0.15) is 27.7 Å². The molecular weight excluding hydrogens is 390 g/mol. The maximum absolute atomic E-state index is 12.5. The van der Waals surface area contributed by atoms with E-state index in [1.165, 1.54) is 13.2 Å². The van der Waals surface area contributed by atoms with Crippen molar-refractivity contribution in [1.29, 1.82) is 0 Å². The van der Waals surface area contributed by atoms with E-state index in [-0.39, 0.29) is 23.0 Å². The van der Waals surface area contributed by atoms with Gasteiger partial charge < -0.3 is 13.9 Å². The highest BCUT2D eigenvalue weighted by Crippen LogP contribution is 2.32. The van der Waals surface area contributed by atoms with Crippen LogP contribution in [-0.2, 0) is 19.5 Å². The smallest absolute Gasteiger partial charge is 0.342 e. The number of carbonyl (C=O) groups is 1. The Balaban J connectivity index is 1.99. The second-order valence-electron chi connectivity index (χ2n) is 5.86. The largest absolute Gasteiger partial charge is 0.460 e. The molecule has 0 bridgehead atoms. The predicted molar refractivity (Wildman–Crippen MR) is 103 cm³/mol. The minimum absolute atomic E-state index is 0.116. The molecule has 0 aliphatic carbocycles. The van der Waals surface area contributed by atoms with Gasteiger partial charge in [-0.15, -0.1) is 11.3 Å². The van der Waals surface area contributed by atoms with Gasteiger partial charge >= 0.3 is 5.97 Å². The van der Waals surface area contributed by atoms with Crippen molar-refractivity contribution in [3.05, 3.63) is 46.5 Å². The Morgan fingerprint density at radius 2 is 2.04 bits per heavy atom. The topological polar surface area (TPSA) is 94.8 Å². The van der Waals surface area contributed by atoms with Crippen molar-refractivity contribution in [1.82, 2.24) is 0 Å². The lowest BCUT2D eigenvalue weighted by molar-refractivity contribution is 0.0388. The van der Waals surface area contributed by atoms with Crippen LogP contribution in [0.1, 0.15) is 21.7 Å². The number of nitrogens with one attached hydrogen (secondary N) is 1. The van der Waals surface area contributed by atoms with Crippen LogP contribution >= 0.6 is 11.3 Å². The van der Waals surface area contributed by atoms with Crippen LogP contribution in [0.15, 0.2) is 38.3 Å². The zero-order valence-corrected chi connectivity index (χ0v) is 16.7.